The van der Waals surface area contributed by atoms with Gasteiger partial charge in [0.1, 0.15) is 36.0 Å². The van der Waals surface area contributed by atoms with Crippen molar-refractivity contribution in [1.82, 2.24) is 31.6 Å². The lowest BCUT2D eigenvalue weighted by atomic mass is 10.0. The van der Waals surface area contributed by atoms with E-state index in [1.807, 2.05) is 36.8 Å². The number of unbranched alkanes of at least 4 members (excludes halogenated alkanes) is 1. The minimum absolute atomic E-state index is 0.00869. The maximum Gasteiger partial charge on any atom is 0.490 e. The van der Waals surface area contributed by atoms with Crippen molar-refractivity contribution in [2.24, 2.45) is 23.1 Å². The van der Waals surface area contributed by atoms with Crippen molar-refractivity contribution in [2.45, 2.75) is 101 Å². The first-order valence-electron chi connectivity index (χ1n) is 21.0. The number of phenols is 1. The highest BCUT2D eigenvalue weighted by Gasteiger charge is 2.38. The van der Waals surface area contributed by atoms with Gasteiger partial charge in [0, 0.05) is 23.5 Å². The molecule has 6 atom stereocenters. The standard InChI is InChI=1S/C41H61N9O7S2.C2HF3O2/c1-24(2)35(41(57)46-31(36(44)52)16-19-58-3)50-39(55)33(17-20-59-4)48-40(56)34(21-25-12-14-27(51)15-13-25)49-38(54)32(11-7-8-18-42)47-37(53)29(43)22-26-23-45-30-10-6-5-9-28(26)30;3-2(4,5)1(6)7/h5-6,9-10,12-15,23-24,29,31-35,45,51H,7-8,11,16-22,42-43H2,1-4H3,(H2,44,52)(H,46,57)(H,47,53)(H,48,56)(H,49,54)(H,50,55);(H,6,7)/t29-,31+,32-,33-,34-,35-;/m0./s1. The number of hydrogen-bond acceptors (Lipinski definition) is 12. The Labute approximate surface area is 389 Å². The molecule has 0 aliphatic carbocycles. The molecular formula is C43H62F3N9O9S2. The summed E-state index contributed by atoms with van der Waals surface area (Å²) in [7, 11) is 0. The predicted octanol–water partition coefficient (Wildman–Crippen LogP) is 1.82. The number of para-hydroxylation sites is 1. The first kappa shape index (κ1) is 56.6. The molecule has 23 heteroatoms. The second kappa shape index (κ2) is 28.5. The van der Waals surface area contributed by atoms with Crippen LogP contribution in [0.2, 0.25) is 0 Å². The first-order chi connectivity index (χ1) is 31.1. The lowest BCUT2D eigenvalue weighted by Gasteiger charge is -2.28. The van der Waals surface area contributed by atoms with E-state index in [2.05, 4.69) is 31.6 Å². The van der Waals surface area contributed by atoms with Crippen LogP contribution in [0.1, 0.15) is 57.1 Å². The molecule has 0 radical (unpaired) electrons. The van der Waals surface area contributed by atoms with Crippen molar-refractivity contribution < 1.29 is 56.9 Å². The van der Waals surface area contributed by atoms with Gasteiger partial charge in [-0.15, -0.1) is 0 Å². The van der Waals surface area contributed by atoms with Gasteiger partial charge < -0.3 is 59.0 Å². The number of rotatable bonds is 26. The fourth-order valence-corrected chi connectivity index (χ4v) is 7.31. The van der Waals surface area contributed by atoms with Crippen molar-refractivity contribution in [1.29, 1.82) is 0 Å². The van der Waals surface area contributed by atoms with E-state index in [1.54, 1.807) is 32.2 Å². The Morgan fingerprint density at radius 1 is 0.712 bits per heavy atom. The molecule has 0 aliphatic heterocycles. The Morgan fingerprint density at radius 2 is 1.23 bits per heavy atom. The number of halogens is 3. The summed E-state index contributed by atoms with van der Waals surface area (Å²) in [5, 5.41) is 31.7. The zero-order valence-electron chi connectivity index (χ0n) is 37.2. The quantitative estimate of drug-likeness (QED) is 0.0513. The molecule has 0 bridgehead atoms. The zero-order valence-corrected chi connectivity index (χ0v) is 38.9. The zero-order chi connectivity index (χ0) is 49.6. The molecule has 0 saturated heterocycles. The number of amides is 6. The van der Waals surface area contributed by atoms with Gasteiger partial charge in [-0.2, -0.15) is 36.7 Å². The number of aromatic nitrogens is 1. The van der Waals surface area contributed by atoms with Gasteiger partial charge >= 0.3 is 12.1 Å². The number of phenolic OH excluding ortho intramolecular Hbond substituents is 1. The lowest BCUT2D eigenvalue weighted by molar-refractivity contribution is -0.192. The number of fused-ring (bicyclic) bond motifs is 1. The molecular weight excluding hydrogens is 908 g/mol. The number of hydrogen-bond donors (Lipinski definition) is 11. The number of primary amides is 1. The van der Waals surface area contributed by atoms with Crippen LogP contribution in [0.25, 0.3) is 10.9 Å². The van der Waals surface area contributed by atoms with Crippen molar-refractivity contribution in [2.75, 3.05) is 30.6 Å². The third-order valence-electron chi connectivity index (χ3n) is 10.0. The molecule has 0 saturated carbocycles. The summed E-state index contributed by atoms with van der Waals surface area (Å²) in [6, 6.07) is 7.36. The van der Waals surface area contributed by atoms with E-state index in [4.69, 9.17) is 27.1 Å². The average molecular weight is 970 g/mol. The van der Waals surface area contributed by atoms with Crippen molar-refractivity contribution in [3.8, 4) is 5.75 Å². The van der Waals surface area contributed by atoms with Crippen LogP contribution in [0.4, 0.5) is 13.2 Å². The monoisotopic (exact) mass is 969 g/mol. The van der Waals surface area contributed by atoms with Crippen LogP contribution in [0, 0.1) is 5.92 Å². The van der Waals surface area contributed by atoms with E-state index in [0.29, 0.717) is 42.9 Å². The molecule has 0 fully saturated rings. The van der Waals surface area contributed by atoms with Crippen LogP contribution in [0.5, 0.6) is 5.75 Å². The highest BCUT2D eigenvalue weighted by Crippen LogP contribution is 2.19. The minimum atomic E-state index is -5.08. The number of benzene rings is 2. The van der Waals surface area contributed by atoms with E-state index in [0.717, 1.165) is 16.5 Å². The molecule has 0 unspecified atom stereocenters. The second-order valence-electron chi connectivity index (χ2n) is 15.6. The smallest absolute Gasteiger partial charge is 0.490 e. The topological polar surface area (TPSA) is 314 Å². The third-order valence-corrected chi connectivity index (χ3v) is 11.3. The fourth-order valence-electron chi connectivity index (χ4n) is 6.37. The summed E-state index contributed by atoms with van der Waals surface area (Å²) in [5.74, 6) is -5.88. The molecule has 0 aliphatic rings. The highest BCUT2D eigenvalue weighted by molar-refractivity contribution is 7.98. The van der Waals surface area contributed by atoms with Crippen LogP contribution >= 0.6 is 23.5 Å². The molecule has 18 nitrogen and oxygen atoms in total. The summed E-state index contributed by atoms with van der Waals surface area (Å²) < 4.78 is 31.7. The van der Waals surface area contributed by atoms with Crippen LogP contribution in [-0.2, 0) is 46.4 Å². The maximum absolute atomic E-state index is 14.2. The van der Waals surface area contributed by atoms with Gasteiger partial charge in [-0.05, 0) is 104 Å². The minimum Gasteiger partial charge on any atom is -0.508 e. The number of carboxylic acid groups (broad SMARTS) is 1. The number of carboxylic acids is 1. The Bertz CT molecular complexity index is 2060. The van der Waals surface area contributed by atoms with Crippen LogP contribution in [-0.4, -0.2) is 130 Å². The summed E-state index contributed by atoms with van der Waals surface area (Å²) in [4.78, 5) is 93.1. The largest absolute Gasteiger partial charge is 0.508 e. The van der Waals surface area contributed by atoms with Gasteiger partial charge in [0.2, 0.25) is 35.4 Å². The lowest BCUT2D eigenvalue weighted by Crippen LogP contribution is -2.60. The summed E-state index contributed by atoms with van der Waals surface area (Å²) in [6.07, 6.45) is 2.42. The number of aromatic hydroxyl groups is 1. The van der Waals surface area contributed by atoms with Gasteiger partial charge in [-0.1, -0.05) is 44.2 Å². The van der Waals surface area contributed by atoms with Crippen LogP contribution in [0.3, 0.4) is 0 Å². The number of aromatic amines is 1. The number of thioether (sulfide) groups is 2. The number of aliphatic carboxylic acids is 1. The molecule has 1 heterocycles. The molecule has 0 spiro atoms. The van der Waals surface area contributed by atoms with Gasteiger partial charge in [-0.25, -0.2) is 4.79 Å². The van der Waals surface area contributed by atoms with Gasteiger partial charge in [0.25, 0.3) is 0 Å². The van der Waals surface area contributed by atoms with E-state index >= 15 is 0 Å². The molecule has 3 aromatic rings. The Hall–Kier alpha value is -5.52. The maximum atomic E-state index is 14.2. The SMILES string of the molecule is CSCC[C@H](NC(=O)[C@H](Cc1ccc(O)cc1)NC(=O)[C@H](CCCCN)NC(=O)[C@@H](N)Cc1c[nH]c2ccccc12)C(=O)N[C@H](C(=O)N[C@H](CCSC)C(N)=O)C(C)C.O=C(O)C(F)(F)F. The molecule has 3 rings (SSSR count). The number of nitrogens with two attached hydrogens (primary N) is 3. The number of alkyl halides is 3. The Balaban J connectivity index is 0.00000197. The molecule has 14 N–H and O–H groups in total. The van der Waals surface area contributed by atoms with Gasteiger partial charge in [0.15, 0.2) is 0 Å². The molecule has 2 aromatic carbocycles. The fraction of sp³-hybridized carbons (Fsp3) is 0.512. The first-order valence-corrected chi connectivity index (χ1v) is 23.8. The Morgan fingerprint density at radius 3 is 1.79 bits per heavy atom. The number of nitrogens with one attached hydrogen (secondary N) is 6. The third kappa shape index (κ3) is 19.5. The predicted molar refractivity (Wildman–Crippen MR) is 248 cm³/mol. The highest BCUT2D eigenvalue weighted by atomic mass is 32.2. The molecule has 66 heavy (non-hydrogen) atoms. The summed E-state index contributed by atoms with van der Waals surface area (Å²) in [6.45, 7) is 3.85. The van der Waals surface area contributed by atoms with E-state index in [9.17, 15) is 47.0 Å². The summed E-state index contributed by atoms with van der Waals surface area (Å²) in [5.41, 5.74) is 20.0. The van der Waals surface area contributed by atoms with E-state index < -0.39 is 89.8 Å². The molecule has 6 amide bonds. The second-order valence-corrected chi connectivity index (χ2v) is 17.5. The summed E-state index contributed by atoms with van der Waals surface area (Å²) >= 11 is 2.95. The van der Waals surface area contributed by atoms with Crippen molar-refractivity contribution in [3.05, 3.63) is 65.9 Å². The molecule has 1 aromatic heterocycles. The normalized spacial score (nSPS) is 14.0. The van der Waals surface area contributed by atoms with Crippen LogP contribution in [0.15, 0.2) is 54.7 Å². The van der Waals surface area contributed by atoms with E-state index in [-0.39, 0.29) is 31.4 Å². The number of carbonyl (C=O) groups is 7. The molecule has 366 valence electrons. The van der Waals surface area contributed by atoms with Crippen LogP contribution < -0.4 is 43.8 Å². The van der Waals surface area contributed by atoms with Crippen molar-refractivity contribution >= 4 is 75.8 Å². The van der Waals surface area contributed by atoms with Gasteiger partial charge in [-0.3, -0.25) is 28.8 Å². The Kier molecular flexibility index (Phi) is 24.4. The number of H-pyrrole nitrogens is 1. The van der Waals surface area contributed by atoms with Gasteiger partial charge in [0.05, 0.1) is 6.04 Å². The average Bonchev–Trinajstić information content (AvgIpc) is 3.67. The van der Waals surface area contributed by atoms with E-state index in [1.165, 1.54) is 35.7 Å². The number of carbonyl (C=O) groups excluding carboxylic acids is 6. The van der Waals surface area contributed by atoms with Crippen molar-refractivity contribution in [3.63, 3.8) is 0 Å².